The number of hydrogen-bond acceptors (Lipinski definition) is 7. The molecule has 0 saturated carbocycles. The molecule has 0 aliphatic carbocycles. The van der Waals surface area contributed by atoms with Crippen LogP contribution in [-0.4, -0.2) is 34.9 Å². The van der Waals surface area contributed by atoms with Crippen molar-refractivity contribution >= 4 is 56.1 Å². The van der Waals surface area contributed by atoms with Gasteiger partial charge in [0, 0.05) is 4.47 Å². The highest BCUT2D eigenvalue weighted by Gasteiger charge is 2.45. The van der Waals surface area contributed by atoms with Gasteiger partial charge in [-0.25, -0.2) is 9.78 Å². The number of benzene rings is 2. The van der Waals surface area contributed by atoms with E-state index in [0.717, 1.165) is 21.4 Å². The molecule has 4 rings (SSSR count). The number of aliphatic hydroxyl groups is 1. The second kappa shape index (κ2) is 9.74. The van der Waals surface area contributed by atoms with Gasteiger partial charge in [0.15, 0.2) is 16.7 Å². The molecular weight excluding hydrogens is 520 g/mol. The Morgan fingerprint density at radius 1 is 1.15 bits per heavy atom. The van der Waals surface area contributed by atoms with Crippen LogP contribution in [0.3, 0.4) is 0 Å². The number of halogens is 1. The number of aromatic nitrogens is 1. The fourth-order valence-corrected chi connectivity index (χ4v) is 4.88. The SMILES string of the molecule is COC(=O)c1sc(N2C(=O)C(O)=C(C(=O)C=Cc3ccccc3)C2c2ccc(Br)cc2)nc1C. The molecule has 0 saturated heterocycles. The Bertz CT molecular complexity index is 1330. The minimum atomic E-state index is -0.926. The third-order valence-electron chi connectivity index (χ3n) is 5.25. The van der Waals surface area contributed by atoms with E-state index in [1.54, 1.807) is 37.3 Å². The second-order valence-corrected chi connectivity index (χ2v) is 9.30. The zero-order chi connectivity index (χ0) is 24.4. The van der Waals surface area contributed by atoms with E-state index in [0.29, 0.717) is 11.3 Å². The van der Waals surface area contributed by atoms with E-state index in [-0.39, 0.29) is 15.6 Å². The minimum Gasteiger partial charge on any atom is -0.503 e. The summed E-state index contributed by atoms with van der Waals surface area (Å²) >= 11 is 4.35. The molecule has 0 fully saturated rings. The van der Waals surface area contributed by atoms with Gasteiger partial charge in [-0.1, -0.05) is 75.8 Å². The van der Waals surface area contributed by atoms with E-state index in [9.17, 15) is 19.5 Å². The number of aliphatic hydroxyl groups excluding tert-OH is 1. The van der Waals surface area contributed by atoms with Crippen LogP contribution >= 0.6 is 27.3 Å². The monoisotopic (exact) mass is 538 g/mol. The largest absolute Gasteiger partial charge is 0.503 e. The van der Waals surface area contributed by atoms with Crippen molar-refractivity contribution in [1.29, 1.82) is 0 Å². The fourth-order valence-electron chi connectivity index (χ4n) is 3.61. The summed E-state index contributed by atoms with van der Waals surface area (Å²) in [5.41, 5.74) is 1.73. The number of amides is 1. The molecule has 172 valence electrons. The molecule has 0 spiro atoms. The minimum absolute atomic E-state index is 0.0630. The molecule has 9 heteroatoms. The van der Waals surface area contributed by atoms with E-state index in [1.165, 1.54) is 18.1 Å². The molecule has 34 heavy (non-hydrogen) atoms. The molecule has 0 radical (unpaired) electrons. The number of ether oxygens (including phenoxy) is 1. The molecule has 1 aromatic heterocycles. The Labute approximate surface area is 208 Å². The summed E-state index contributed by atoms with van der Waals surface area (Å²) in [6.45, 7) is 1.63. The molecule has 2 heterocycles. The number of methoxy groups -OCH3 is 1. The lowest BCUT2D eigenvalue weighted by Crippen LogP contribution is -2.30. The first-order valence-corrected chi connectivity index (χ1v) is 11.8. The zero-order valence-corrected chi connectivity index (χ0v) is 20.6. The van der Waals surface area contributed by atoms with Crippen molar-refractivity contribution in [2.75, 3.05) is 12.0 Å². The summed E-state index contributed by atoms with van der Waals surface area (Å²) < 4.78 is 5.61. The predicted octanol–water partition coefficient (Wildman–Crippen LogP) is 5.18. The van der Waals surface area contributed by atoms with Gasteiger partial charge in [-0.2, -0.15) is 0 Å². The predicted molar refractivity (Wildman–Crippen MR) is 133 cm³/mol. The van der Waals surface area contributed by atoms with Gasteiger partial charge in [0.1, 0.15) is 4.88 Å². The van der Waals surface area contributed by atoms with Crippen molar-refractivity contribution in [2.45, 2.75) is 13.0 Å². The van der Waals surface area contributed by atoms with Gasteiger partial charge in [-0.3, -0.25) is 14.5 Å². The lowest BCUT2D eigenvalue weighted by molar-refractivity contribution is -0.117. The third-order valence-corrected chi connectivity index (χ3v) is 6.91. The van der Waals surface area contributed by atoms with Crippen LogP contribution in [0.1, 0.15) is 32.5 Å². The lowest BCUT2D eigenvalue weighted by Gasteiger charge is -2.24. The van der Waals surface area contributed by atoms with Crippen LogP contribution in [0.25, 0.3) is 6.08 Å². The molecule has 7 nitrogen and oxygen atoms in total. The Morgan fingerprint density at radius 2 is 1.82 bits per heavy atom. The van der Waals surface area contributed by atoms with Gasteiger partial charge in [0.25, 0.3) is 5.91 Å². The molecule has 3 aromatic rings. The Morgan fingerprint density at radius 3 is 2.47 bits per heavy atom. The number of allylic oxidation sites excluding steroid dienone is 1. The maximum absolute atomic E-state index is 13.2. The quantitative estimate of drug-likeness (QED) is 0.343. The molecule has 1 N–H and O–H groups in total. The van der Waals surface area contributed by atoms with Crippen molar-refractivity contribution in [3.63, 3.8) is 0 Å². The van der Waals surface area contributed by atoms with Gasteiger partial charge >= 0.3 is 5.97 Å². The highest BCUT2D eigenvalue weighted by molar-refractivity contribution is 9.10. The summed E-state index contributed by atoms with van der Waals surface area (Å²) in [7, 11) is 1.26. The molecular formula is C25H19BrN2O5S. The highest BCUT2D eigenvalue weighted by atomic mass is 79.9. The maximum Gasteiger partial charge on any atom is 0.350 e. The number of nitrogens with zero attached hydrogens (tertiary/aromatic N) is 2. The number of ketones is 1. The van der Waals surface area contributed by atoms with Crippen LogP contribution in [0.2, 0.25) is 0 Å². The average molecular weight is 539 g/mol. The average Bonchev–Trinajstić information content (AvgIpc) is 3.35. The second-order valence-electron chi connectivity index (χ2n) is 7.40. The van der Waals surface area contributed by atoms with Gasteiger partial charge < -0.3 is 9.84 Å². The van der Waals surface area contributed by atoms with Gasteiger partial charge in [0.2, 0.25) is 0 Å². The van der Waals surface area contributed by atoms with Crippen LogP contribution in [0.4, 0.5) is 5.13 Å². The number of carbonyl (C=O) groups excluding carboxylic acids is 3. The number of hydrogen-bond donors (Lipinski definition) is 1. The molecule has 1 unspecified atom stereocenters. The normalized spacial score (nSPS) is 15.9. The Hall–Kier alpha value is -3.56. The molecule has 2 aromatic carbocycles. The number of esters is 1. The van der Waals surface area contributed by atoms with E-state index >= 15 is 0 Å². The van der Waals surface area contributed by atoms with Crippen molar-refractivity contribution in [2.24, 2.45) is 0 Å². The van der Waals surface area contributed by atoms with Crippen LogP contribution in [0, 0.1) is 6.92 Å². The molecule has 1 atom stereocenters. The fraction of sp³-hybridized carbons (Fsp3) is 0.120. The first-order chi connectivity index (χ1) is 16.3. The molecule has 0 bridgehead atoms. The Kier molecular flexibility index (Phi) is 6.76. The van der Waals surface area contributed by atoms with E-state index < -0.39 is 29.5 Å². The Balaban J connectivity index is 1.80. The summed E-state index contributed by atoms with van der Waals surface area (Å²) in [5, 5.41) is 11.0. The number of thiazole rings is 1. The topological polar surface area (TPSA) is 96.8 Å². The summed E-state index contributed by atoms with van der Waals surface area (Å²) in [6, 6.07) is 15.4. The number of aryl methyl sites for hydroxylation is 1. The first kappa shape index (κ1) is 23.6. The number of carbonyl (C=O) groups is 3. The van der Waals surface area contributed by atoms with Crippen molar-refractivity contribution in [3.8, 4) is 0 Å². The van der Waals surface area contributed by atoms with Crippen molar-refractivity contribution in [1.82, 2.24) is 4.98 Å². The number of rotatable bonds is 6. The van der Waals surface area contributed by atoms with Gasteiger partial charge in [0.05, 0.1) is 24.4 Å². The highest BCUT2D eigenvalue weighted by Crippen LogP contribution is 2.43. The molecule has 1 amide bonds. The smallest absolute Gasteiger partial charge is 0.350 e. The molecule has 1 aliphatic rings. The van der Waals surface area contributed by atoms with Crippen LogP contribution in [0.15, 0.2) is 76.5 Å². The van der Waals surface area contributed by atoms with Gasteiger partial charge in [-0.15, -0.1) is 0 Å². The van der Waals surface area contributed by atoms with E-state index in [4.69, 9.17) is 4.74 Å². The maximum atomic E-state index is 13.2. The van der Waals surface area contributed by atoms with Crippen molar-refractivity contribution < 1.29 is 24.2 Å². The van der Waals surface area contributed by atoms with Crippen LogP contribution in [0.5, 0.6) is 0 Å². The summed E-state index contributed by atoms with van der Waals surface area (Å²) in [6.07, 6.45) is 2.95. The van der Waals surface area contributed by atoms with E-state index in [2.05, 4.69) is 20.9 Å². The molecule has 1 aliphatic heterocycles. The first-order valence-electron chi connectivity index (χ1n) is 10.2. The standard InChI is InChI=1S/C25H19BrN2O5S/c1-14-22(24(32)33-2)34-25(27-14)28-20(16-9-11-17(26)12-10-16)19(21(30)23(28)31)18(29)13-8-15-6-4-3-5-7-15/h3-13,20,30H,1-2H3. The summed E-state index contributed by atoms with van der Waals surface area (Å²) in [5.74, 6) is -2.50. The third kappa shape index (κ3) is 4.44. The van der Waals surface area contributed by atoms with Gasteiger partial charge in [-0.05, 0) is 36.3 Å². The number of anilines is 1. The lowest BCUT2D eigenvalue weighted by atomic mass is 9.96. The summed E-state index contributed by atoms with van der Waals surface area (Å²) in [4.78, 5) is 44.4. The van der Waals surface area contributed by atoms with Crippen molar-refractivity contribution in [3.05, 3.63) is 98.2 Å². The van der Waals surface area contributed by atoms with E-state index in [1.807, 2.05) is 30.3 Å². The van der Waals surface area contributed by atoms with Crippen LogP contribution < -0.4 is 4.90 Å². The zero-order valence-electron chi connectivity index (χ0n) is 18.2. The van der Waals surface area contributed by atoms with Crippen LogP contribution in [-0.2, 0) is 14.3 Å².